The fourth-order valence-corrected chi connectivity index (χ4v) is 7.03. The molecule has 0 aromatic rings. The van der Waals surface area contributed by atoms with Crippen molar-refractivity contribution in [1.29, 1.82) is 0 Å². The molecule has 0 aromatic carbocycles. The molecule has 2 heterocycles. The Hall–Kier alpha value is -0.720. The normalized spacial score (nSPS) is 26.2. The van der Waals surface area contributed by atoms with Crippen LogP contribution in [0.3, 0.4) is 0 Å². The Bertz CT molecular complexity index is 661. The second kappa shape index (κ2) is 9.47. The number of nitrogens with one attached hydrogen (secondary N) is 3. The van der Waals surface area contributed by atoms with Crippen molar-refractivity contribution in [3.05, 3.63) is 0 Å². The molecule has 12 heteroatoms. The molecular formula is C14H25N3O5S4. The summed E-state index contributed by atoms with van der Waals surface area (Å²) in [5.41, 5.74) is 0. The van der Waals surface area contributed by atoms with Gasteiger partial charge in [0.05, 0.1) is 29.6 Å². The summed E-state index contributed by atoms with van der Waals surface area (Å²) in [5.74, 6) is 1.10. The maximum Gasteiger partial charge on any atom is 0.256 e. The lowest BCUT2D eigenvalue weighted by atomic mass is 10.1. The summed E-state index contributed by atoms with van der Waals surface area (Å²) in [6, 6.07) is 0. The topological polar surface area (TPSA) is 114 Å². The van der Waals surface area contributed by atoms with E-state index in [0.717, 1.165) is 0 Å². The first-order valence-corrected chi connectivity index (χ1v) is 12.9. The third-order valence-corrected chi connectivity index (χ3v) is 8.59. The highest BCUT2D eigenvalue weighted by Crippen LogP contribution is 2.17. The van der Waals surface area contributed by atoms with Crippen LogP contribution in [0.25, 0.3) is 0 Å². The summed E-state index contributed by atoms with van der Waals surface area (Å²) in [5, 5.41) is 9.61. The zero-order valence-electron chi connectivity index (χ0n) is 14.4. The van der Waals surface area contributed by atoms with Gasteiger partial charge in [-0.15, -0.1) is 0 Å². The van der Waals surface area contributed by atoms with E-state index in [0.29, 0.717) is 44.2 Å². The molecule has 0 aromatic heterocycles. The molecule has 0 saturated carbocycles. The number of rotatable bonds is 7. The minimum atomic E-state index is -2.88. The van der Waals surface area contributed by atoms with Crippen LogP contribution in [0.5, 0.6) is 0 Å². The Morgan fingerprint density at radius 1 is 0.885 bits per heavy atom. The van der Waals surface area contributed by atoms with Crippen molar-refractivity contribution in [2.75, 3.05) is 49.3 Å². The Morgan fingerprint density at radius 3 is 1.92 bits per heavy atom. The lowest BCUT2D eigenvalue weighted by Crippen LogP contribution is -2.40. The van der Waals surface area contributed by atoms with Crippen molar-refractivity contribution >= 4 is 54.4 Å². The van der Waals surface area contributed by atoms with Gasteiger partial charge in [0.1, 0.15) is 6.61 Å². The third-order valence-electron chi connectivity index (χ3n) is 4.36. The highest BCUT2D eigenvalue weighted by molar-refractivity contribution is 7.91. The molecule has 150 valence electrons. The average molecular weight is 444 g/mol. The molecule has 2 rings (SSSR count). The van der Waals surface area contributed by atoms with Gasteiger partial charge in [-0.1, -0.05) is 0 Å². The van der Waals surface area contributed by atoms with Crippen molar-refractivity contribution in [1.82, 2.24) is 16.0 Å². The Labute approximate surface area is 165 Å². The van der Waals surface area contributed by atoms with E-state index in [-0.39, 0.29) is 40.0 Å². The highest BCUT2D eigenvalue weighted by Gasteiger charge is 2.28. The van der Waals surface area contributed by atoms with Gasteiger partial charge in [-0.2, -0.15) is 0 Å². The fourth-order valence-electron chi connectivity index (χ4n) is 2.95. The van der Waals surface area contributed by atoms with Gasteiger partial charge in [-0.05, 0) is 49.1 Å². The smallest absolute Gasteiger partial charge is 0.256 e. The lowest BCUT2D eigenvalue weighted by molar-refractivity contribution is 0.301. The van der Waals surface area contributed by atoms with Crippen LogP contribution in [-0.4, -0.2) is 76.4 Å². The van der Waals surface area contributed by atoms with E-state index in [2.05, 4.69) is 16.0 Å². The van der Waals surface area contributed by atoms with Crippen LogP contribution >= 0.6 is 24.4 Å². The van der Waals surface area contributed by atoms with Crippen molar-refractivity contribution in [3.8, 4) is 0 Å². The molecule has 2 unspecified atom stereocenters. The van der Waals surface area contributed by atoms with Crippen molar-refractivity contribution in [2.24, 2.45) is 11.8 Å². The summed E-state index contributed by atoms with van der Waals surface area (Å²) in [6.07, 6.45) is 1.32. The maximum atomic E-state index is 11.4. The quantitative estimate of drug-likeness (QED) is 0.342. The summed E-state index contributed by atoms with van der Waals surface area (Å²) in [6.45, 7) is 1.80. The van der Waals surface area contributed by atoms with Crippen LogP contribution in [0.4, 0.5) is 0 Å². The predicted octanol–water partition coefficient (Wildman–Crippen LogP) is -0.789. The Morgan fingerprint density at radius 2 is 1.42 bits per heavy atom. The van der Waals surface area contributed by atoms with Crippen LogP contribution in [0.1, 0.15) is 12.8 Å². The summed E-state index contributed by atoms with van der Waals surface area (Å²) >= 11 is 10.2. The molecule has 0 spiro atoms. The van der Waals surface area contributed by atoms with Gasteiger partial charge in [0.15, 0.2) is 24.8 Å². The zero-order chi connectivity index (χ0) is 19.2. The van der Waals surface area contributed by atoms with Gasteiger partial charge < -0.3 is 20.7 Å². The molecular weight excluding hydrogens is 418 g/mol. The molecule has 8 nitrogen and oxygen atoms in total. The van der Waals surface area contributed by atoms with Gasteiger partial charge in [0, 0.05) is 13.1 Å². The van der Waals surface area contributed by atoms with E-state index in [1.807, 2.05) is 0 Å². The molecule has 2 fully saturated rings. The molecule has 2 saturated heterocycles. The Balaban J connectivity index is 1.49. The summed E-state index contributed by atoms with van der Waals surface area (Å²) in [4.78, 5) is 0. The number of hydrogen-bond donors (Lipinski definition) is 3. The molecule has 26 heavy (non-hydrogen) atoms. The predicted molar refractivity (Wildman–Crippen MR) is 109 cm³/mol. The van der Waals surface area contributed by atoms with Crippen LogP contribution in [-0.2, 0) is 24.4 Å². The van der Waals surface area contributed by atoms with Crippen LogP contribution < -0.4 is 16.0 Å². The minimum absolute atomic E-state index is 0.0795. The molecule has 2 aliphatic heterocycles. The van der Waals surface area contributed by atoms with E-state index < -0.39 is 19.7 Å². The fraction of sp³-hybridized carbons (Fsp3) is 0.857. The van der Waals surface area contributed by atoms with E-state index in [1.165, 1.54) is 0 Å². The van der Waals surface area contributed by atoms with Crippen molar-refractivity contribution < 1.29 is 21.6 Å². The van der Waals surface area contributed by atoms with Crippen molar-refractivity contribution in [3.63, 3.8) is 0 Å². The lowest BCUT2D eigenvalue weighted by Gasteiger charge is -2.15. The second-order valence-electron chi connectivity index (χ2n) is 6.69. The molecule has 2 aliphatic rings. The summed E-state index contributed by atoms with van der Waals surface area (Å²) in [7, 11) is -5.75. The van der Waals surface area contributed by atoms with Gasteiger partial charge >= 0.3 is 0 Å². The largest absolute Gasteiger partial charge is 0.469 e. The van der Waals surface area contributed by atoms with Crippen LogP contribution in [0.2, 0.25) is 0 Å². The second-order valence-corrected chi connectivity index (χ2v) is 11.9. The minimum Gasteiger partial charge on any atom is -0.469 e. The SMILES string of the molecule is O=S1(=O)CCC(CNC(=S)NCCOC(=S)NCC2CCS(=O)(=O)C2)C1. The average Bonchev–Trinajstić information content (AvgIpc) is 3.08. The van der Waals surface area contributed by atoms with Gasteiger partial charge in [-0.3, -0.25) is 0 Å². The molecule has 2 atom stereocenters. The first-order valence-electron chi connectivity index (χ1n) is 8.48. The van der Waals surface area contributed by atoms with E-state index in [4.69, 9.17) is 29.2 Å². The zero-order valence-corrected chi connectivity index (χ0v) is 17.7. The van der Waals surface area contributed by atoms with E-state index in [9.17, 15) is 16.8 Å². The number of hydrogen-bond acceptors (Lipinski definition) is 7. The molecule has 3 N–H and O–H groups in total. The third kappa shape index (κ3) is 7.89. The Kier molecular flexibility index (Phi) is 7.86. The van der Waals surface area contributed by atoms with E-state index in [1.54, 1.807) is 0 Å². The number of sulfone groups is 2. The van der Waals surface area contributed by atoms with Crippen LogP contribution in [0, 0.1) is 11.8 Å². The monoisotopic (exact) mass is 443 g/mol. The van der Waals surface area contributed by atoms with Crippen molar-refractivity contribution in [2.45, 2.75) is 12.8 Å². The first kappa shape index (κ1) is 21.6. The maximum absolute atomic E-state index is 11.4. The molecule has 0 radical (unpaired) electrons. The molecule has 0 amide bonds. The van der Waals surface area contributed by atoms with E-state index >= 15 is 0 Å². The molecule has 0 aliphatic carbocycles. The van der Waals surface area contributed by atoms with Gasteiger partial charge in [-0.25, -0.2) is 16.8 Å². The summed E-state index contributed by atoms with van der Waals surface area (Å²) < 4.78 is 50.9. The molecule has 0 bridgehead atoms. The number of ether oxygens (including phenoxy) is 1. The van der Waals surface area contributed by atoms with Gasteiger partial charge in [0.25, 0.3) is 5.17 Å². The standard InChI is InChI=1S/C14H25N3O5S4/c18-25(19)5-1-11(9-25)7-16-13(23)15-3-4-22-14(24)17-8-12-2-6-26(20,21)10-12/h11-12H,1-10H2,(H,17,24)(H2,15,16,23). The van der Waals surface area contributed by atoms with Gasteiger partial charge in [0.2, 0.25) is 0 Å². The van der Waals surface area contributed by atoms with Crippen LogP contribution in [0.15, 0.2) is 0 Å². The number of thiocarbonyl (C=S) groups is 2. The first-order chi connectivity index (χ1) is 12.2. The highest BCUT2D eigenvalue weighted by atomic mass is 32.2.